The van der Waals surface area contributed by atoms with E-state index in [9.17, 15) is 5.26 Å². The van der Waals surface area contributed by atoms with Gasteiger partial charge in [0.05, 0.1) is 18.1 Å². The molecular weight excluding hydrogens is 490 g/mol. The second kappa shape index (κ2) is 15.5. The van der Waals surface area contributed by atoms with Crippen molar-refractivity contribution in [3.63, 3.8) is 0 Å². The van der Waals surface area contributed by atoms with Crippen LogP contribution in [0, 0.1) is 17.2 Å². The first-order valence-electron chi connectivity index (χ1n) is 15.6. The van der Waals surface area contributed by atoms with E-state index in [1.54, 1.807) is 0 Å². The van der Waals surface area contributed by atoms with Crippen molar-refractivity contribution in [1.82, 2.24) is 0 Å². The van der Waals surface area contributed by atoms with Gasteiger partial charge in [0, 0.05) is 0 Å². The van der Waals surface area contributed by atoms with Crippen LogP contribution in [-0.2, 0) is 12.0 Å². The monoisotopic (exact) mass is 537 g/mol. The van der Waals surface area contributed by atoms with Crippen molar-refractivity contribution in [1.29, 1.82) is 5.26 Å². The average molecular weight is 538 g/mol. The largest absolute Gasteiger partial charge is 0.494 e. The summed E-state index contributed by atoms with van der Waals surface area (Å²) in [5.74, 6) is 2.30. The summed E-state index contributed by atoms with van der Waals surface area (Å²) in [6.45, 7) is 5.81. The van der Waals surface area contributed by atoms with Crippen LogP contribution in [0.4, 0.5) is 0 Å². The Morgan fingerprint density at radius 1 is 0.675 bits per heavy atom. The summed E-state index contributed by atoms with van der Waals surface area (Å²) in [7, 11) is 0. The lowest BCUT2D eigenvalue weighted by molar-refractivity contribution is 0.304. The Kier molecular flexibility index (Phi) is 11.5. The maximum Gasteiger partial charge on any atom is 0.119 e. The zero-order valence-corrected chi connectivity index (χ0v) is 24.7. The minimum Gasteiger partial charge on any atom is -0.494 e. The van der Waals surface area contributed by atoms with Crippen molar-refractivity contribution in [2.24, 2.45) is 5.92 Å². The first-order chi connectivity index (χ1) is 19.7. The first-order valence-corrected chi connectivity index (χ1v) is 15.6. The second-order valence-corrected chi connectivity index (χ2v) is 11.5. The molecule has 0 unspecified atom stereocenters. The molecule has 0 aromatic heterocycles. The van der Waals surface area contributed by atoms with Crippen LogP contribution in [0.3, 0.4) is 0 Å². The highest BCUT2D eigenvalue weighted by molar-refractivity contribution is 5.64. The van der Waals surface area contributed by atoms with Gasteiger partial charge >= 0.3 is 0 Å². The molecule has 0 amide bonds. The molecule has 1 saturated carbocycles. The van der Waals surface area contributed by atoms with E-state index in [2.05, 4.69) is 80.6 Å². The minimum atomic E-state index is -0.279. The van der Waals surface area contributed by atoms with Gasteiger partial charge in [-0.1, -0.05) is 120 Å². The third kappa shape index (κ3) is 8.37. The molecule has 0 bridgehead atoms. The number of ether oxygens (including phenoxy) is 2. The maximum absolute atomic E-state index is 9.91. The lowest BCUT2D eigenvalue weighted by Gasteiger charge is -2.12. The van der Waals surface area contributed by atoms with E-state index >= 15 is 0 Å². The van der Waals surface area contributed by atoms with Gasteiger partial charge in [0.2, 0.25) is 0 Å². The van der Waals surface area contributed by atoms with Gasteiger partial charge in [-0.15, -0.1) is 0 Å². The zero-order chi connectivity index (χ0) is 28.0. The number of nitriles is 1. The summed E-state index contributed by atoms with van der Waals surface area (Å²) in [6.07, 6.45) is 14.9. The zero-order valence-electron chi connectivity index (χ0n) is 24.7. The maximum atomic E-state index is 9.91. The van der Waals surface area contributed by atoms with Gasteiger partial charge < -0.3 is 9.47 Å². The molecule has 3 aromatic rings. The molecule has 212 valence electrons. The number of hydrogen-bond donors (Lipinski definition) is 0. The molecule has 1 fully saturated rings. The van der Waals surface area contributed by atoms with Gasteiger partial charge in [-0.25, -0.2) is 0 Å². The summed E-state index contributed by atoms with van der Waals surface area (Å²) in [6, 6.07) is 27.8. The van der Waals surface area contributed by atoms with Crippen molar-refractivity contribution < 1.29 is 9.47 Å². The van der Waals surface area contributed by atoms with Crippen LogP contribution in [0.2, 0.25) is 0 Å². The third-order valence-corrected chi connectivity index (χ3v) is 8.39. The molecule has 0 radical (unpaired) electrons. The SMILES string of the molecule is CCCCCCCCOc1ccc(-c2ccc(COc3ccc([C@@]4(C#N)C[C@@H]4CCCCCC)cc3)cc2)cc1. The minimum absolute atomic E-state index is 0.279. The Morgan fingerprint density at radius 3 is 1.88 bits per heavy atom. The highest BCUT2D eigenvalue weighted by Gasteiger charge is 2.55. The Bertz CT molecular complexity index is 1180. The number of benzene rings is 3. The molecule has 0 saturated heterocycles. The number of unbranched alkanes of at least 4 members (excludes halogenated alkanes) is 8. The topological polar surface area (TPSA) is 42.2 Å². The lowest BCUT2D eigenvalue weighted by atomic mass is 9.93. The summed E-state index contributed by atoms with van der Waals surface area (Å²) in [4.78, 5) is 0. The second-order valence-electron chi connectivity index (χ2n) is 11.5. The fraction of sp³-hybridized carbons (Fsp3) is 0.486. The molecule has 0 heterocycles. The number of rotatable bonds is 18. The van der Waals surface area contributed by atoms with Gasteiger partial charge in [-0.05, 0) is 71.7 Å². The van der Waals surface area contributed by atoms with E-state index in [4.69, 9.17) is 9.47 Å². The normalized spacial score (nSPS) is 17.8. The fourth-order valence-electron chi connectivity index (χ4n) is 5.68. The van der Waals surface area contributed by atoms with E-state index in [1.165, 1.54) is 75.3 Å². The van der Waals surface area contributed by atoms with Crippen LogP contribution < -0.4 is 9.47 Å². The van der Waals surface area contributed by atoms with Gasteiger partial charge in [0.25, 0.3) is 0 Å². The Labute approximate surface area is 242 Å². The predicted molar refractivity (Wildman–Crippen MR) is 166 cm³/mol. The molecule has 2 atom stereocenters. The van der Waals surface area contributed by atoms with Crippen LogP contribution in [0.5, 0.6) is 11.5 Å². The van der Waals surface area contributed by atoms with Crippen molar-refractivity contribution >= 4 is 0 Å². The standard InChI is InChI=1S/C37H47NO2/c1-3-5-7-9-10-12-26-39-35-22-18-32(19-23-35)31-16-14-30(15-17-31)28-40-36-24-20-33(21-25-36)37(29-38)27-34(37)13-11-8-6-4-2/h14-25,34H,3-13,26-28H2,1-2H3/t34-,37-/m0/s1. The number of hydrogen-bond acceptors (Lipinski definition) is 3. The molecule has 0 spiro atoms. The van der Waals surface area contributed by atoms with Crippen molar-refractivity contribution in [3.8, 4) is 28.7 Å². The van der Waals surface area contributed by atoms with Gasteiger partial charge in [0.15, 0.2) is 0 Å². The molecule has 40 heavy (non-hydrogen) atoms. The molecule has 0 N–H and O–H groups in total. The van der Waals surface area contributed by atoms with E-state index in [1.807, 2.05) is 12.1 Å². The Morgan fingerprint density at radius 2 is 1.23 bits per heavy atom. The summed E-state index contributed by atoms with van der Waals surface area (Å²) < 4.78 is 12.0. The van der Waals surface area contributed by atoms with E-state index in [0.717, 1.165) is 42.1 Å². The summed E-state index contributed by atoms with van der Waals surface area (Å²) in [5, 5.41) is 9.91. The summed E-state index contributed by atoms with van der Waals surface area (Å²) >= 11 is 0. The first kappa shape index (κ1) is 29.7. The smallest absolute Gasteiger partial charge is 0.119 e. The molecular formula is C37H47NO2. The molecule has 1 aliphatic carbocycles. The Hall–Kier alpha value is -3.25. The predicted octanol–water partition coefficient (Wildman–Crippen LogP) is 10.4. The third-order valence-electron chi connectivity index (χ3n) is 8.39. The Balaban J connectivity index is 1.21. The number of nitrogens with zero attached hydrogens (tertiary/aromatic N) is 1. The van der Waals surface area contributed by atoms with Gasteiger partial charge in [-0.2, -0.15) is 5.26 Å². The van der Waals surface area contributed by atoms with Crippen LogP contribution in [0.1, 0.15) is 102 Å². The highest BCUT2D eigenvalue weighted by Crippen LogP contribution is 2.56. The van der Waals surface area contributed by atoms with Crippen LogP contribution in [0.15, 0.2) is 72.8 Å². The molecule has 3 heteroatoms. The molecule has 3 nitrogen and oxygen atoms in total. The van der Waals surface area contributed by atoms with Crippen molar-refractivity contribution in [3.05, 3.63) is 83.9 Å². The van der Waals surface area contributed by atoms with Crippen LogP contribution >= 0.6 is 0 Å². The highest BCUT2D eigenvalue weighted by atomic mass is 16.5. The summed E-state index contributed by atoms with van der Waals surface area (Å²) in [5.41, 5.74) is 4.37. The molecule has 3 aromatic carbocycles. The average Bonchev–Trinajstić information content (AvgIpc) is 3.73. The van der Waals surface area contributed by atoms with E-state index < -0.39 is 0 Å². The molecule has 1 aliphatic rings. The fourth-order valence-corrected chi connectivity index (χ4v) is 5.68. The van der Waals surface area contributed by atoms with E-state index in [-0.39, 0.29) is 5.41 Å². The van der Waals surface area contributed by atoms with Crippen LogP contribution in [0.25, 0.3) is 11.1 Å². The van der Waals surface area contributed by atoms with Crippen molar-refractivity contribution in [2.45, 2.75) is 103 Å². The van der Waals surface area contributed by atoms with E-state index in [0.29, 0.717) is 12.5 Å². The molecule has 4 rings (SSSR count). The van der Waals surface area contributed by atoms with Crippen molar-refractivity contribution in [2.75, 3.05) is 6.61 Å². The quantitative estimate of drug-likeness (QED) is 0.152. The van der Waals surface area contributed by atoms with Gasteiger partial charge in [-0.3, -0.25) is 0 Å². The van der Waals surface area contributed by atoms with Crippen LogP contribution in [-0.4, -0.2) is 6.61 Å². The lowest BCUT2D eigenvalue weighted by Crippen LogP contribution is -2.07. The molecule has 0 aliphatic heterocycles. The van der Waals surface area contributed by atoms with Gasteiger partial charge in [0.1, 0.15) is 18.1 Å².